The normalized spacial score (nSPS) is 12.0. The van der Waals surface area contributed by atoms with Crippen LogP contribution in [0.25, 0.3) is 116 Å². The Morgan fingerprint density at radius 2 is 1.05 bits per heavy atom. The van der Waals surface area contributed by atoms with E-state index in [4.69, 9.17) is 18.8 Å². The van der Waals surface area contributed by atoms with E-state index in [1.54, 1.807) is 0 Å². The largest absolute Gasteiger partial charge is 0.456 e. The summed E-state index contributed by atoms with van der Waals surface area (Å²) in [5, 5.41) is 7.65. The third kappa shape index (κ3) is 4.47. The van der Waals surface area contributed by atoms with Crippen LogP contribution in [0.3, 0.4) is 0 Å². The lowest BCUT2D eigenvalue weighted by atomic mass is 9.98. The van der Waals surface area contributed by atoms with Gasteiger partial charge in [-0.3, -0.25) is 0 Å². The number of hydrogen-bond donors (Lipinski definition) is 0. The Morgan fingerprint density at radius 1 is 0.400 bits per heavy atom. The van der Waals surface area contributed by atoms with E-state index < -0.39 is 0 Å². The van der Waals surface area contributed by atoms with Gasteiger partial charge in [-0.1, -0.05) is 109 Å². The topological polar surface area (TPSA) is 57.0 Å². The summed E-state index contributed by atoms with van der Waals surface area (Å²) in [4.78, 5) is 10.3. The monoisotopic (exact) mass is 703 g/mol. The van der Waals surface area contributed by atoms with E-state index in [1.165, 1.54) is 10.8 Å². The maximum absolute atomic E-state index is 6.49. The van der Waals surface area contributed by atoms with Gasteiger partial charge in [-0.15, -0.1) is 0 Å². The van der Waals surface area contributed by atoms with Gasteiger partial charge < -0.3 is 13.4 Å². The van der Waals surface area contributed by atoms with Crippen LogP contribution >= 0.6 is 0 Å². The molecule has 4 heterocycles. The first kappa shape index (κ1) is 30.0. The SMILES string of the molecule is c1ccc(-c2nc(-c3cccc4oc5ccc(-c6ccc7c(c6)c6ccc8oc9ccccc9c8c6n7-c6ccccc6)cc5c34)nc3ccccc23)cc1. The summed E-state index contributed by atoms with van der Waals surface area (Å²) in [6.45, 7) is 0. The van der Waals surface area contributed by atoms with Crippen LogP contribution in [-0.2, 0) is 0 Å². The van der Waals surface area contributed by atoms with Crippen molar-refractivity contribution in [2.24, 2.45) is 0 Å². The molecule has 0 aliphatic heterocycles. The molecule has 8 aromatic carbocycles. The summed E-state index contributed by atoms with van der Waals surface area (Å²) < 4.78 is 15.2. The van der Waals surface area contributed by atoms with E-state index in [1.807, 2.05) is 42.5 Å². The minimum Gasteiger partial charge on any atom is -0.456 e. The number of para-hydroxylation sites is 3. The number of benzene rings is 8. The summed E-state index contributed by atoms with van der Waals surface area (Å²) in [6.07, 6.45) is 0. The van der Waals surface area contributed by atoms with E-state index in [-0.39, 0.29) is 0 Å². The fraction of sp³-hybridized carbons (Fsp3) is 0. The van der Waals surface area contributed by atoms with Crippen LogP contribution in [0.15, 0.2) is 185 Å². The van der Waals surface area contributed by atoms with Crippen LogP contribution in [0.1, 0.15) is 0 Å². The third-order valence-corrected chi connectivity index (χ3v) is 11.0. The fourth-order valence-electron chi connectivity index (χ4n) is 8.55. The minimum absolute atomic E-state index is 0.671. The Balaban J connectivity index is 1.08. The highest BCUT2D eigenvalue weighted by molar-refractivity contribution is 6.25. The molecule has 0 atom stereocenters. The molecule has 55 heavy (non-hydrogen) atoms. The summed E-state index contributed by atoms with van der Waals surface area (Å²) in [7, 11) is 0. The lowest BCUT2D eigenvalue weighted by Crippen LogP contribution is -1.95. The quantitative estimate of drug-likeness (QED) is 0.183. The molecule has 4 aromatic heterocycles. The molecule has 0 aliphatic carbocycles. The Hall–Kier alpha value is -7.50. The van der Waals surface area contributed by atoms with Gasteiger partial charge in [-0.2, -0.15) is 0 Å². The number of rotatable bonds is 4. The molecule has 0 fully saturated rings. The van der Waals surface area contributed by atoms with Crippen LogP contribution < -0.4 is 0 Å². The maximum atomic E-state index is 6.49. The number of fused-ring (bicyclic) bond motifs is 11. The second kappa shape index (κ2) is 11.5. The summed E-state index contributed by atoms with van der Waals surface area (Å²) in [5.74, 6) is 0.671. The second-order valence-electron chi connectivity index (χ2n) is 14.1. The summed E-state index contributed by atoms with van der Waals surface area (Å²) in [5.41, 5.74) is 12.8. The molecule has 0 bridgehead atoms. The molecule has 0 saturated carbocycles. The average molecular weight is 704 g/mol. The number of hydrogen-bond acceptors (Lipinski definition) is 4. The van der Waals surface area contributed by atoms with E-state index >= 15 is 0 Å². The number of furan rings is 2. The van der Waals surface area contributed by atoms with Crippen molar-refractivity contribution >= 4 is 76.6 Å². The molecule has 0 aliphatic rings. The lowest BCUT2D eigenvalue weighted by Gasteiger charge is -2.10. The predicted octanol–water partition coefficient (Wildman–Crippen LogP) is 13.5. The highest BCUT2D eigenvalue weighted by Gasteiger charge is 2.21. The molecule has 0 radical (unpaired) electrons. The molecule has 0 spiro atoms. The first-order chi connectivity index (χ1) is 27.3. The van der Waals surface area contributed by atoms with Crippen molar-refractivity contribution in [1.82, 2.24) is 14.5 Å². The maximum Gasteiger partial charge on any atom is 0.161 e. The standard InChI is InChI=1S/C50H29N3O2/c1-3-12-30(13-4-1)48-35-16-7-9-19-40(35)51-50(52-48)37-18-11-21-44-46(37)39-29-32(23-26-43(39)55-44)31-22-25-41-38(28-31)34-24-27-45-47(36-17-8-10-20-42(36)54-45)49(34)53(41)33-14-5-2-6-15-33/h1-29H. The third-order valence-electron chi connectivity index (χ3n) is 11.0. The van der Waals surface area contributed by atoms with Crippen molar-refractivity contribution in [2.75, 3.05) is 0 Å². The average Bonchev–Trinajstić information content (AvgIpc) is 3.93. The van der Waals surface area contributed by atoms with Gasteiger partial charge in [0.25, 0.3) is 0 Å². The molecule has 12 aromatic rings. The first-order valence-corrected chi connectivity index (χ1v) is 18.5. The van der Waals surface area contributed by atoms with Crippen LogP contribution in [0.5, 0.6) is 0 Å². The van der Waals surface area contributed by atoms with Gasteiger partial charge in [0.1, 0.15) is 22.3 Å². The molecule has 0 N–H and O–H groups in total. The fourth-order valence-corrected chi connectivity index (χ4v) is 8.55. The Labute approximate surface area is 314 Å². The van der Waals surface area contributed by atoms with Gasteiger partial charge in [-0.05, 0) is 77.9 Å². The smallest absolute Gasteiger partial charge is 0.161 e. The molecule has 12 rings (SSSR count). The van der Waals surface area contributed by atoms with Crippen molar-refractivity contribution in [2.45, 2.75) is 0 Å². The van der Waals surface area contributed by atoms with E-state index in [2.05, 4.69) is 138 Å². The van der Waals surface area contributed by atoms with Gasteiger partial charge in [0.2, 0.25) is 0 Å². The van der Waals surface area contributed by atoms with Gasteiger partial charge in [-0.25, -0.2) is 9.97 Å². The van der Waals surface area contributed by atoms with Gasteiger partial charge in [0, 0.05) is 49.1 Å². The van der Waals surface area contributed by atoms with Gasteiger partial charge in [0.05, 0.1) is 27.6 Å². The van der Waals surface area contributed by atoms with Gasteiger partial charge >= 0.3 is 0 Å². The zero-order valence-corrected chi connectivity index (χ0v) is 29.4. The van der Waals surface area contributed by atoms with E-state index in [9.17, 15) is 0 Å². The van der Waals surface area contributed by atoms with E-state index in [0.29, 0.717) is 5.82 Å². The Morgan fingerprint density at radius 3 is 1.91 bits per heavy atom. The molecule has 5 nitrogen and oxygen atoms in total. The molecule has 0 saturated heterocycles. The summed E-state index contributed by atoms with van der Waals surface area (Å²) >= 11 is 0. The van der Waals surface area contributed by atoms with Crippen LogP contribution in [0, 0.1) is 0 Å². The van der Waals surface area contributed by atoms with Crippen LogP contribution in [0.4, 0.5) is 0 Å². The van der Waals surface area contributed by atoms with Crippen molar-refractivity contribution in [3.05, 3.63) is 176 Å². The molecular formula is C50H29N3O2. The van der Waals surface area contributed by atoms with Gasteiger partial charge in [0.15, 0.2) is 5.82 Å². The zero-order chi connectivity index (χ0) is 36.0. The Kier molecular flexibility index (Phi) is 6.27. The zero-order valence-electron chi connectivity index (χ0n) is 29.4. The van der Waals surface area contributed by atoms with Crippen molar-refractivity contribution in [3.8, 4) is 39.5 Å². The minimum atomic E-state index is 0.671. The molecule has 256 valence electrons. The molecule has 5 heteroatoms. The Bertz CT molecular complexity index is 3480. The first-order valence-electron chi connectivity index (χ1n) is 18.5. The van der Waals surface area contributed by atoms with Crippen molar-refractivity contribution < 1.29 is 8.83 Å². The van der Waals surface area contributed by atoms with Crippen molar-refractivity contribution in [1.29, 1.82) is 0 Å². The van der Waals surface area contributed by atoms with Crippen molar-refractivity contribution in [3.63, 3.8) is 0 Å². The number of aromatic nitrogens is 3. The highest BCUT2D eigenvalue weighted by atomic mass is 16.3. The van der Waals surface area contributed by atoms with Crippen LogP contribution in [0.2, 0.25) is 0 Å². The molecule has 0 amide bonds. The van der Waals surface area contributed by atoms with E-state index in [0.717, 1.165) is 99.4 Å². The second-order valence-corrected chi connectivity index (χ2v) is 14.1. The van der Waals surface area contributed by atoms with Crippen LogP contribution in [-0.4, -0.2) is 14.5 Å². The predicted molar refractivity (Wildman–Crippen MR) is 225 cm³/mol. The lowest BCUT2D eigenvalue weighted by molar-refractivity contribution is 0.668. The highest BCUT2D eigenvalue weighted by Crippen LogP contribution is 2.43. The molecular weight excluding hydrogens is 675 g/mol. The number of nitrogens with zero attached hydrogens (tertiary/aromatic N) is 3. The molecule has 0 unspecified atom stereocenters. The summed E-state index contributed by atoms with van der Waals surface area (Å²) in [6, 6.07) is 61.3.